The molecule has 0 aliphatic heterocycles. The summed E-state index contributed by atoms with van der Waals surface area (Å²) in [5.41, 5.74) is -0.233. The maximum atomic E-state index is 12.4. The Hall–Kier alpha value is -3.03. The van der Waals surface area contributed by atoms with Crippen LogP contribution in [-0.2, 0) is 6.54 Å². The minimum Gasteiger partial charge on any atom is -0.422 e. The molecule has 3 aromatic rings. The van der Waals surface area contributed by atoms with E-state index in [0.717, 1.165) is 25.7 Å². The molecule has 1 N–H and O–H groups in total. The molecule has 1 aromatic carbocycles. The lowest BCUT2D eigenvalue weighted by atomic mass is 9.95. The lowest BCUT2D eigenvalue weighted by Gasteiger charge is -2.22. The summed E-state index contributed by atoms with van der Waals surface area (Å²) in [4.78, 5) is 24.5. The zero-order valence-corrected chi connectivity index (χ0v) is 14.2. The second-order valence-electron chi connectivity index (χ2n) is 6.50. The van der Waals surface area contributed by atoms with Gasteiger partial charge in [0.1, 0.15) is 11.1 Å². The van der Waals surface area contributed by atoms with E-state index in [2.05, 4.69) is 20.8 Å². The van der Waals surface area contributed by atoms with Crippen LogP contribution in [0.15, 0.2) is 39.5 Å². The van der Waals surface area contributed by atoms with Gasteiger partial charge in [-0.15, -0.1) is 5.10 Å². The number of hydrogen-bond donors (Lipinski definition) is 1. The minimum atomic E-state index is -0.659. The van der Waals surface area contributed by atoms with Crippen LogP contribution < -0.4 is 10.9 Å². The highest BCUT2D eigenvalue weighted by Crippen LogP contribution is 2.27. The Bertz CT molecular complexity index is 988. The lowest BCUT2D eigenvalue weighted by Crippen LogP contribution is -2.29. The van der Waals surface area contributed by atoms with Crippen LogP contribution in [0.25, 0.3) is 11.0 Å². The van der Waals surface area contributed by atoms with Gasteiger partial charge in [0.15, 0.2) is 5.82 Å². The largest absolute Gasteiger partial charge is 0.422 e. The summed E-state index contributed by atoms with van der Waals surface area (Å²) in [5, 5.41) is 15.2. The topological polar surface area (TPSA) is 103 Å². The molecule has 0 radical (unpaired) electrons. The Balaban J connectivity index is 1.50. The molecule has 26 heavy (non-hydrogen) atoms. The van der Waals surface area contributed by atoms with Gasteiger partial charge < -0.3 is 9.73 Å². The molecule has 0 atom stereocenters. The van der Waals surface area contributed by atoms with Gasteiger partial charge in [0.2, 0.25) is 0 Å². The predicted octanol–water partition coefficient (Wildman–Crippen LogP) is 2.21. The van der Waals surface area contributed by atoms with Crippen LogP contribution in [0, 0.1) is 0 Å². The van der Waals surface area contributed by atoms with Crippen molar-refractivity contribution in [1.82, 2.24) is 25.5 Å². The van der Waals surface area contributed by atoms with Gasteiger partial charge in [0.25, 0.3) is 5.91 Å². The number of tetrazole rings is 1. The lowest BCUT2D eigenvalue weighted by molar-refractivity contribution is 0.0945. The summed E-state index contributed by atoms with van der Waals surface area (Å²) in [6, 6.07) is 8.89. The number of benzene rings is 1. The van der Waals surface area contributed by atoms with Crippen molar-refractivity contribution in [3.05, 3.63) is 52.1 Å². The van der Waals surface area contributed by atoms with Crippen LogP contribution in [0.3, 0.4) is 0 Å². The van der Waals surface area contributed by atoms with Gasteiger partial charge in [-0.25, -0.2) is 9.48 Å². The first-order valence-electron chi connectivity index (χ1n) is 8.80. The zero-order chi connectivity index (χ0) is 17.9. The number of para-hydroxylation sites is 1. The summed E-state index contributed by atoms with van der Waals surface area (Å²) in [6.07, 6.45) is 5.64. The highest BCUT2D eigenvalue weighted by molar-refractivity contribution is 5.96. The Labute approximate surface area is 149 Å². The SMILES string of the molecule is O=C(NCc1nnnn1C1CCCCC1)c1cc2ccccc2oc1=O. The standard InChI is InChI=1S/C18H19N5O3/c24-17(14-10-12-6-4-5-9-15(12)26-18(14)25)19-11-16-20-21-22-23(16)13-7-2-1-3-8-13/h4-6,9-10,13H,1-3,7-8,11H2,(H,19,24). The molecule has 0 bridgehead atoms. The van der Waals surface area contributed by atoms with E-state index in [9.17, 15) is 9.59 Å². The minimum absolute atomic E-state index is 0.0274. The fourth-order valence-electron chi connectivity index (χ4n) is 3.41. The smallest absolute Gasteiger partial charge is 0.349 e. The first-order chi connectivity index (χ1) is 12.7. The summed E-state index contributed by atoms with van der Waals surface area (Å²) < 4.78 is 7.00. The highest BCUT2D eigenvalue weighted by Gasteiger charge is 2.21. The summed E-state index contributed by atoms with van der Waals surface area (Å²) in [7, 11) is 0. The number of carbonyl (C=O) groups excluding carboxylic acids is 1. The summed E-state index contributed by atoms with van der Waals surface area (Å²) in [5.74, 6) is 0.0955. The fraction of sp³-hybridized carbons (Fsp3) is 0.389. The molecule has 1 saturated carbocycles. The van der Waals surface area contributed by atoms with Crippen LogP contribution >= 0.6 is 0 Å². The molecule has 1 aliphatic carbocycles. The third kappa shape index (κ3) is 3.22. The number of nitrogens with one attached hydrogen (secondary N) is 1. The zero-order valence-electron chi connectivity index (χ0n) is 14.2. The predicted molar refractivity (Wildman–Crippen MR) is 93.6 cm³/mol. The van der Waals surface area contributed by atoms with E-state index in [1.807, 2.05) is 6.07 Å². The maximum Gasteiger partial charge on any atom is 0.349 e. The molecule has 1 amide bonds. The van der Waals surface area contributed by atoms with E-state index in [0.29, 0.717) is 16.8 Å². The molecule has 0 saturated heterocycles. The van der Waals surface area contributed by atoms with E-state index >= 15 is 0 Å². The van der Waals surface area contributed by atoms with Crippen LogP contribution in [0.4, 0.5) is 0 Å². The number of fused-ring (bicyclic) bond motifs is 1. The van der Waals surface area contributed by atoms with Gasteiger partial charge >= 0.3 is 5.63 Å². The summed E-state index contributed by atoms with van der Waals surface area (Å²) in [6.45, 7) is 0.161. The number of rotatable bonds is 4. The van der Waals surface area contributed by atoms with Crippen LogP contribution in [0.2, 0.25) is 0 Å². The second kappa shape index (κ2) is 7.07. The summed E-state index contributed by atoms with van der Waals surface area (Å²) >= 11 is 0. The van der Waals surface area contributed by atoms with Crippen LogP contribution in [0.5, 0.6) is 0 Å². The van der Waals surface area contributed by atoms with Crippen molar-refractivity contribution in [2.24, 2.45) is 0 Å². The van der Waals surface area contributed by atoms with Gasteiger partial charge in [-0.1, -0.05) is 37.5 Å². The number of carbonyl (C=O) groups is 1. The Morgan fingerprint density at radius 3 is 2.88 bits per heavy atom. The first kappa shape index (κ1) is 16.4. The second-order valence-corrected chi connectivity index (χ2v) is 6.50. The van der Waals surface area contributed by atoms with E-state index in [1.54, 1.807) is 28.9 Å². The van der Waals surface area contributed by atoms with E-state index < -0.39 is 11.5 Å². The number of aromatic nitrogens is 4. The Morgan fingerprint density at radius 1 is 1.23 bits per heavy atom. The van der Waals surface area contributed by atoms with Gasteiger partial charge in [0, 0.05) is 5.39 Å². The average Bonchev–Trinajstić information content (AvgIpc) is 3.15. The monoisotopic (exact) mass is 353 g/mol. The van der Waals surface area contributed by atoms with Crippen molar-refractivity contribution in [2.75, 3.05) is 0 Å². The third-order valence-corrected chi connectivity index (χ3v) is 4.77. The maximum absolute atomic E-state index is 12.4. The molecule has 4 rings (SSSR count). The highest BCUT2D eigenvalue weighted by atomic mass is 16.4. The normalized spacial score (nSPS) is 15.2. The Morgan fingerprint density at radius 2 is 2.04 bits per heavy atom. The van der Waals surface area contributed by atoms with E-state index in [-0.39, 0.29) is 18.2 Å². The molecule has 8 nitrogen and oxygen atoms in total. The van der Waals surface area contributed by atoms with E-state index in [4.69, 9.17) is 4.42 Å². The van der Waals surface area contributed by atoms with Crippen molar-refractivity contribution >= 4 is 16.9 Å². The molecule has 0 unspecified atom stereocenters. The van der Waals surface area contributed by atoms with Gasteiger partial charge in [-0.2, -0.15) is 0 Å². The van der Waals surface area contributed by atoms with E-state index in [1.165, 1.54) is 6.42 Å². The van der Waals surface area contributed by atoms with Crippen LogP contribution in [0.1, 0.15) is 54.3 Å². The molecule has 134 valence electrons. The number of amides is 1. The average molecular weight is 353 g/mol. The third-order valence-electron chi connectivity index (χ3n) is 4.77. The van der Waals surface area contributed by atoms with Crippen LogP contribution in [-0.4, -0.2) is 26.1 Å². The molecule has 8 heteroatoms. The molecule has 1 fully saturated rings. The first-order valence-corrected chi connectivity index (χ1v) is 8.80. The van der Waals surface area contributed by atoms with Crippen molar-refractivity contribution in [3.8, 4) is 0 Å². The quantitative estimate of drug-likeness (QED) is 0.721. The fourth-order valence-corrected chi connectivity index (χ4v) is 3.41. The van der Waals surface area contributed by atoms with Gasteiger partial charge in [-0.05, 0) is 35.4 Å². The van der Waals surface area contributed by atoms with Crippen molar-refractivity contribution in [3.63, 3.8) is 0 Å². The number of hydrogen-bond acceptors (Lipinski definition) is 6. The van der Waals surface area contributed by atoms with Gasteiger partial charge in [-0.3, -0.25) is 4.79 Å². The van der Waals surface area contributed by atoms with Gasteiger partial charge in [0.05, 0.1) is 12.6 Å². The van der Waals surface area contributed by atoms with Crippen molar-refractivity contribution < 1.29 is 9.21 Å². The molecule has 1 aliphatic rings. The molecular formula is C18H19N5O3. The van der Waals surface area contributed by atoms with Crippen molar-refractivity contribution in [2.45, 2.75) is 44.7 Å². The molecule has 2 heterocycles. The number of nitrogens with zero attached hydrogens (tertiary/aromatic N) is 4. The molecule has 0 spiro atoms. The molecular weight excluding hydrogens is 334 g/mol. The molecule has 2 aromatic heterocycles. The Kier molecular flexibility index (Phi) is 4.47. The van der Waals surface area contributed by atoms with Crippen molar-refractivity contribution in [1.29, 1.82) is 0 Å².